The molecule has 118 valence electrons. The van der Waals surface area contributed by atoms with Crippen LogP contribution in [0.15, 0.2) is 45.6 Å². The molecule has 0 radical (unpaired) electrons. The van der Waals surface area contributed by atoms with Crippen LogP contribution in [-0.2, 0) is 12.8 Å². The van der Waals surface area contributed by atoms with Gasteiger partial charge in [0, 0.05) is 18.7 Å². The molecule has 0 amide bonds. The van der Waals surface area contributed by atoms with Crippen molar-refractivity contribution in [2.45, 2.75) is 19.3 Å². The van der Waals surface area contributed by atoms with E-state index < -0.39 is 5.76 Å². The molecular formula is C18H17FN2O2. The van der Waals surface area contributed by atoms with E-state index in [0.717, 1.165) is 19.3 Å². The maximum Gasteiger partial charge on any atom is 0.417 e. The predicted octanol–water partition coefficient (Wildman–Crippen LogP) is 3.48. The summed E-state index contributed by atoms with van der Waals surface area (Å²) in [6, 6.07) is 11.3. The van der Waals surface area contributed by atoms with Crippen molar-refractivity contribution in [3.8, 4) is 0 Å². The number of halogens is 1. The van der Waals surface area contributed by atoms with Crippen molar-refractivity contribution in [1.29, 1.82) is 0 Å². The van der Waals surface area contributed by atoms with E-state index in [9.17, 15) is 9.18 Å². The average molecular weight is 312 g/mol. The van der Waals surface area contributed by atoms with Crippen LogP contribution in [0.2, 0.25) is 0 Å². The molecule has 5 heteroatoms. The molecule has 1 atom stereocenters. The van der Waals surface area contributed by atoms with Crippen LogP contribution in [0.1, 0.15) is 17.5 Å². The fourth-order valence-corrected chi connectivity index (χ4v) is 3.31. The summed E-state index contributed by atoms with van der Waals surface area (Å²) in [5, 5.41) is 3.16. The number of oxazole rings is 1. The van der Waals surface area contributed by atoms with E-state index in [1.807, 2.05) is 0 Å². The first-order valence-corrected chi connectivity index (χ1v) is 7.82. The molecule has 0 fully saturated rings. The van der Waals surface area contributed by atoms with E-state index in [4.69, 9.17) is 4.42 Å². The fourth-order valence-electron chi connectivity index (χ4n) is 3.31. The number of hydrogen-bond acceptors (Lipinski definition) is 3. The van der Waals surface area contributed by atoms with Gasteiger partial charge in [0.05, 0.1) is 11.2 Å². The summed E-state index contributed by atoms with van der Waals surface area (Å²) in [5.41, 5.74) is 3.93. The van der Waals surface area contributed by atoms with Crippen LogP contribution >= 0.6 is 0 Å². The topological polar surface area (TPSA) is 58.0 Å². The lowest BCUT2D eigenvalue weighted by atomic mass is 9.84. The molecular weight excluding hydrogens is 295 g/mol. The Morgan fingerprint density at radius 3 is 2.96 bits per heavy atom. The van der Waals surface area contributed by atoms with Crippen LogP contribution in [0.4, 0.5) is 10.1 Å². The number of rotatable bonds is 3. The Bertz CT molecular complexity index is 913. The van der Waals surface area contributed by atoms with E-state index in [1.54, 1.807) is 6.07 Å². The summed E-state index contributed by atoms with van der Waals surface area (Å²) in [6.07, 6.45) is 3.16. The molecule has 0 saturated carbocycles. The van der Waals surface area contributed by atoms with Gasteiger partial charge in [0.25, 0.3) is 0 Å². The van der Waals surface area contributed by atoms with Gasteiger partial charge in [-0.05, 0) is 36.3 Å². The summed E-state index contributed by atoms with van der Waals surface area (Å²) in [4.78, 5) is 13.6. The number of anilines is 1. The molecule has 0 spiro atoms. The highest BCUT2D eigenvalue weighted by Crippen LogP contribution is 2.27. The first-order valence-electron chi connectivity index (χ1n) is 7.82. The maximum absolute atomic E-state index is 14.1. The molecule has 0 bridgehead atoms. The van der Waals surface area contributed by atoms with Crippen molar-refractivity contribution in [1.82, 2.24) is 4.98 Å². The lowest BCUT2D eigenvalue weighted by Crippen LogP contribution is -2.22. The van der Waals surface area contributed by atoms with Crippen molar-refractivity contribution in [3.63, 3.8) is 0 Å². The number of nitrogens with one attached hydrogen (secondary N) is 2. The van der Waals surface area contributed by atoms with Gasteiger partial charge < -0.3 is 9.73 Å². The smallest absolute Gasteiger partial charge is 0.408 e. The first kappa shape index (κ1) is 14.1. The average Bonchev–Trinajstić information content (AvgIpc) is 2.91. The Balaban J connectivity index is 1.49. The number of fused-ring (bicyclic) bond motifs is 2. The van der Waals surface area contributed by atoms with Crippen LogP contribution in [0.25, 0.3) is 11.1 Å². The van der Waals surface area contributed by atoms with Gasteiger partial charge >= 0.3 is 5.76 Å². The fraction of sp³-hybridized carbons (Fsp3) is 0.278. The molecule has 2 aromatic carbocycles. The highest BCUT2D eigenvalue weighted by Gasteiger charge is 2.18. The van der Waals surface area contributed by atoms with Crippen molar-refractivity contribution >= 4 is 16.8 Å². The number of H-pyrrole nitrogens is 1. The monoisotopic (exact) mass is 312 g/mol. The second-order valence-electron chi connectivity index (χ2n) is 6.10. The molecule has 1 aromatic heterocycles. The minimum Gasteiger partial charge on any atom is -0.408 e. The Morgan fingerprint density at radius 2 is 2.09 bits per heavy atom. The predicted molar refractivity (Wildman–Crippen MR) is 87.2 cm³/mol. The number of hydrogen-bond donors (Lipinski definition) is 2. The first-order chi connectivity index (χ1) is 11.2. The van der Waals surface area contributed by atoms with Gasteiger partial charge in [-0.2, -0.15) is 0 Å². The second kappa shape index (κ2) is 5.57. The Morgan fingerprint density at radius 1 is 1.26 bits per heavy atom. The summed E-state index contributed by atoms with van der Waals surface area (Å²) < 4.78 is 19.1. The molecule has 23 heavy (non-hydrogen) atoms. The van der Waals surface area contributed by atoms with Crippen LogP contribution in [0, 0.1) is 11.7 Å². The molecule has 1 heterocycles. The number of aromatic nitrogens is 1. The summed E-state index contributed by atoms with van der Waals surface area (Å²) in [6.45, 7) is 0.700. The van der Waals surface area contributed by atoms with E-state index in [-0.39, 0.29) is 5.82 Å². The SMILES string of the molecule is O=c1[nH]c2cc(F)c(NCC3CCc4ccccc4C3)cc2o1. The Labute approximate surface area is 132 Å². The van der Waals surface area contributed by atoms with Gasteiger partial charge in [-0.3, -0.25) is 4.98 Å². The molecule has 3 aromatic rings. The molecule has 2 N–H and O–H groups in total. The molecule has 1 unspecified atom stereocenters. The summed E-state index contributed by atoms with van der Waals surface area (Å²) >= 11 is 0. The summed E-state index contributed by atoms with van der Waals surface area (Å²) in [5.74, 6) is -0.482. The lowest BCUT2D eigenvalue weighted by molar-refractivity contribution is 0.479. The van der Waals surface area contributed by atoms with Gasteiger partial charge in [-0.25, -0.2) is 9.18 Å². The van der Waals surface area contributed by atoms with Gasteiger partial charge in [0.15, 0.2) is 5.58 Å². The third-order valence-corrected chi connectivity index (χ3v) is 4.54. The standard InChI is InChI=1S/C18H17FN2O2/c19-14-8-16-17(23-18(22)21-16)9-15(14)20-10-11-5-6-12-3-1-2-4-13(12)7-11/h1-4,8-9,11,20H,5-7,10H2,(H,21,22). The number of aromatic amines is 1. The molecule has 1 aliphatic carbocycles. The highest BCUT2D eigenvalue weighted by molar-refractivity contribution is 5.77. The van der Waals surface area contributed by atoms with Crippen molar-refractivity contribution < 1.29 is 8.81 Å². The minimum atomic E-state index is -0.569. The van der Waals surface area contributed by atoms with Gasteiger partial charge in [-0.15, -0.1) is 0 Å². The third kappa shape index (κ3) is 2.74. The van der Waals surface area contributed by atoms with Gasteiger partial charge in [0.1, 0.15) is 5.82 Å². The van der Waals surface area contributed by atoms with E-state index >= 15 is 0 Å². The minimum absolute atomic E-state index is 0.368. The van der Waals surface area contributed by atoms with E-state index in [0.29, 0.717) is 29.2 Å². The van der Waals surface area contributed by atoms with Crippen LogP contribution in [0.5, 0.6) is 0 Å². The zero-order valence-electron chi connectivity index (χ0n) is 12.6. The molecule has 0 saturated heterocycles. The zero-order chi connectivity index (χ0) is 15.8. The molecule has 4 rings (SSSR count). The number of benzene rings is 2. The summed E-state index contributed by atoms with van der Waals surface area (Å²) in [7, 11) is 0. The molecule has 4 nitrogen and oxygen atoms in total. The zero-order valence-corrected chi connectivity index (χ0v) is 12.6. The molecule has 1 aliphatic rings. The van der Waals surface area contributed by atoms with Crippen LogP contribution in [-0.4, -0.2) is 11.5 Å². The van der Waals surface area contributed by atoms with Crippen LogP contribution < -0.4 is 11.1 Å². The number of aryl methyl sites for hydroxylation is 1. The van der Waals surface area contributed by atoms with Crippen molar-refractivity contribution in [2.24, 2.45) is 5.92 Å². The highest BCUT2D eigenvalue weighted by atomic mass is 19.1. The quantitative estimate of drug-likeness (QED) is 0.778. The molecule has 0 aliphatic heterocycles. The maximum atomic E-state index is 14.1. The van der Waals surface area contributed by atoms with Crippen molar-refractivity contribution in [2.75, 3.05) is 11.9 Å². The van der Waals surface area contributed by atoms with E-state index in [2.05, 4.69) is 34.6 Å². The largest absolute Gasteiger partial charge is 0.417 e. The Hall–Kier alpha value is -2.56. The second-order valence-corrected chi connectivity index (χ2v) is 6.10. The normalized spacial score (nSPS) is 17.2. The third-order valence-electron chi connectivity index (χ3n) is 4.54. The Kier molecular flexibility index (Phi) is 3.41. The lowest BCUT2D eigenvalue weighted by Gasteiger charge is -2.25. The van der Waals surface area contributed by atoms with Gasteiger partial charge in [0.2, 0.25) is 0 Å². The van der Waals surface area contributed by atoms with E-state index in [1.165, 1.54) is 17.2 Å². The van der Waals surface area contributed by atoms with Gasteiger partial charge in [-0.1, -0.05) is 24.3 Å². The van der Waals surface area contributed by atoms with Crippen molar-refractivity contribution in [3.05, 3.63) is 63.9 Å². The van der Waals surface area contributed by atoms with Crippen LogP contribution in [0.3, 0.4) is 0 Å².